The lowest BCUT2D eigenvalue weighted by Crippen LogP contribution is -2.30. The number of halogens is 1. The van der Waals surface area contributed by atoms with Crippen LogP contribution in [-0.2, 0) is 6.42 Å². The van der Waals surface area contributed by atoms with Crippen LogP contribution in [0.5, 0.6) is 17.2 Å². The van der Waals surface area contributed by atoms with E-state index in [4.69, 9.17) is 14.2 Å². The number of likely N-dealkylation sites (N-methyl/N-ethyl adjacent to an activating group) is 1. The van der Waals surface area contributed by atoms with Crippen molar-refractivity contribution in [3.05, 3.63) is 89.9 Å². The van der Waals surface area contributed by atoms with Gasteiger partial charge in [-0.3, -0.25) is 4.79 Å². The molecule has 3 aromatic carbocycles. The number of aromatic nitrogens is 2. The van der Waals surface area contributed by atoms with Gasteiger partial charge in [0.25, 0.3) is 5.91 Å². The molecule has 0 atom stereocenters. The second-order valence-corrected chi connectivity index (χ2v) is 8.17. The molecule has 0 aliphatic heterocycles. The van der Waals surface area contributed by atoms with E-state index < -0.39 is 5.82 Å². The molecular weight excluding hydrogens is 461 g/mol. The van der Waals surface area contributed by atoms with Crippen molar-refractivity contribution >= 4 is 5.91 Å². The van der Waals surface area contributed by atoms with E-state index in [2.05, 4.69) is 5.10 Å². The number of rotatable bonds is 9. The number of carbonyl (C=O) groups excluding carboxylic acids is 1. The van der Waals surface area contributed by atoms with Gasteiger partial charge in [-0.2, -0.15) is 5.10 Å². The summed E-state index contributed by atoms with van der Waals surface area (Å²) in [5, 5.41) is 4.59. The molecule has 1 aromatic heterocycles. The summed E-state index contributed by atoms with van der Waals surface area (Å²) in [6.45, 7) is 0.455. The first-order valence-electron chi connectivity index (χ1n) is 11.4. The zero-order valence-electron chi connectivity index (χ0n) is 20.7. The quantitative estimate of drug-likeness (QED) is 0.330. The fourth-order valence-corrected chi connectivity index (χ4v) is 3.88. The van der Waals surface area contributed by atoms with Crippen molar-refractivity contribution in [3.63, 3.8) is 0 Å². The van der Waals surface area contributed by atoms with Gasteiger partial charge in [0.2, 0.25) is 0 Å². The van der Waals surface area contributed by atoms with Crippen LogP contribution in [0.15, 0.2) is 72.8 Å². The second kappa shape index (κ2) is 10.9. The van der Waals surface area contributed by atoms with Gasteiger partial charge >= 0.3 is 0 Å². The normalized spacial score (nSPS) is 10.7. The molecule has 0 fully saturated rings. The topological polar surface area (TPSA) is 65.8 Å². The zero-order chi connectivity index (χ0) is 25.7. The number of carbonyl (C=O) groups is 1. The molecule has 0 saturated carbocycles. The highest BCUT2D eigenvalue weighted by Gasteiger charge is 2.22. The average molecular weight is 490 g/mol. The van der Waals surface area contributed by atoms with E-state index >= 15 is 0 Å². The second-order valence-electron chi connectivity index (χ2n) is 8.17. The van der Waals surface area contributed by atoms with E-state index in [0.717, 1.165) is 5.56 Å². The van der Waals surface area contributed by atoms with Crippen LogP contribution in [0.2, 0.25) is 0 Å². The van der Waals surface area contributed by atoms with Crippen molar-refractivity contribution in [2.24, 2.45) is 0 Å². The minimum absolute atomic E-state index is 0.235. The van der Waals surface area contributed by atoms with Crippen molar-refractivity contribution < 1.29 is 23.4 Å². The van der Waals surface area contributed by atoms with Crippen molar-refractivity contribution in [3.8, 4) is 34.2 Å². The summed E-state index contributed by atoms with van der Waals surface area (Å²) in [7, 11) is 6.50. The first-order valence-corrected chi connectivity index (χ1v) is 11.4. The predicted octanol–water partition coefficient (Wildman–Crippen LogP) is 5.02. The van der Waals surface area contributed by atoms with Gasteiger partial charge in [-0.15, -0.1) is 0 Å². The van der Waals surface area contributed by atoms with Crippen LogP contribution in [-0.4, -0.2) is 55.5 Å². The van der Waals surface area contributed by atoms with Crippen molar-refractivity contribution in [1.82, 2.24) is 14.7 Å². The Labute approximate surface area is 209 Å². The number of nitrogens with zero attached hydrogens (tertiary/aromatic N) is 3. The average Bonchev–Trinajstić information content (AvgIpc) is 3.36. The monoisotopic (exact) mass is 489 g/mol. The Morgan fingerprint density at radius 1 is 0.917 bits per heavy atom. The maximum absolute atomic E-state index is 14.5. The van der Waals surface area contributed by atoms with Crippen LogP contribution in [0.1, 0.15) is 16.1 Å². The Balaban J connectivity index is 1.63. The van der Waals surface area contributed by atoms with Gasteiger partial charge in [0.1, 0.15) is 17.3 Å². The Kier molecular flexibility index (Phi) is 7.53. The van der Waals surface area contributed by atoms with Gasteiger partial charge in [0.05, 0.1) is 32.7 Å². The Morgan fingerprint density at radius 3 is 2.31 bits per heavy atom. The Hall–Kier alpha value is -4.33. The summed E-state index contributed by atoms with van der Waals surface area (Å²) in [4.78, 5) is 15.2. The molecule has 1 amide bonds. The van der Waals surface area contributed by atoms with E-state index in [9.17, 15) is 9.18 Å². The van der Waals surface area contributed by atoms with Gasteiger partial charge in [-0.05, 0) is 66.6 Å². The SMILES string of the molecule is COc1ccc(-n2nc(-c3ccccc3F)cc2C(=O)N(C)CCc2ccc(OC)c(OC)c2)cc1. The first-order chi connectivity index (χ1) is 17.4. The summed E-state index contributed by atoms with van der Waals surface area (Å²) in [6.07, 6.45) is 0.611. The molecule has 186 valence electrons. The third-order valence-electron chi connectivity index (χ3n) is 5.93. The fourth-order valence-electron chi connectivity index (χ4n) is 3.88. The lowest BCUT2D eigenvalue weighted by atomic mass is 10.1. The lowest BCUT2D eigenvalue weighted by Gasteiger charge is -2.18. The van der Waals surface area contributed by atoms with Crippen LogP contribution in [0, 0.1) is 5.82 Å². The molecule has 0 bridgehead atoms. The molecule has 0 spiro atoms. The molecule has 0 radical (unpaired) electrons. The summed E-state index contributed by atoms with van der Waals surface area (Å²) in [6, 6.07) is 20.9. The number of hydrogen-bond acceptors (Lipinski definition) is 5. The third kappa shape index (κ3) is 5.17. The molecule has 0 aliphatic carbocycles. The Morgan fingerprint density at radius 2 is 1.64 bits per heavy atom. The van der Waals surface area contributed by atoms with Gasteiger partial charge < -0.3 is 19.1 Å². The van der Waals surface area contributed by atoms with Crippen LogP contribution in [0.25, 0.3) is 16.9 Å². The highest BCUT2D eigenvalue weighted by atomic mass is 19.1. The maximum atomic E-state index is 14.5. The maximum Gasteiger partial charge on any atom is 0.272 e. The third-order valence-corrected chi connectivity index (χ3v) is 5.93. The first kappa shape index (κ1) is 24.8. The molecule has 0 aliphatic rings. The molecule has 0 unspecified atom stereocenters. The van der Waals surface area contributed by atoms with E-state index in [0.29, 0.717) is 52.9 Å². The molecule has 0 N–H and O–H groups in total. The molecule has 4 aromatic rings. The van der Waals surface area contributed by atoms with E-state index in [1.165, 1.54) is 10.7 Å². The smallest absolute Gasteiger partial charge is 0.272 e. The fraction of sp³-hybridized carbons (Fsp3) is 0.214. The summed E-state index contributed by atoms with van der Waals surface area (Å²) in [5.74, 6) is 1.32. The Bertz CT molecular complexity index is 1350. The molecule has 0 saturated heterocycles. The highest BCUT2D eigenvalue weighted by Crippen LogP contribution is 2.28. The van der Waals surface area contributed by atoms with Crippen molar-refractivity contribution in [2.45, 2.75) is 6.42 Å². The number of benzene rings is 3. The molecule has 4 rings (SSSR count). The van der Waals surface area contributed by atoms with Gasteiger partial charge in [-0.25, -0.2) is 9.07 Å². The van der Waals surface area contributed by atoms with Gasteiger partial charge in [0.15, 0.2) is 11.5 Å². The zero-order valence-corrected chi connectivity index (χ0v) is 20.7. The highest BCUT2D eigenvalue weighted by molar-refractivity contribution is 5.94. The predicted molar refractivity (Wildman–Crippen MR) is 136 cm³/mol. The van der Waals surface area contributed by atoms with Crippen molar-refractivity contribution in [2.75, 3.05) is 34.9 Å². The molecule has 8 heteroatoms. The number of ether oxygens (including phenoxy) is 3. The lowest BCUT2D eigenvalue weighted by molar-refractivity contribution is 0.0787. The van der Waals surface area contributed by atoms with Crippen LogP contribution >= 0.6 is 0 Å². The summed E-state index contributed by atoms with van der Waals surface area (Å²) < 4.78 is 32.0. The molecular formula is C28H28FN3O4. The largest absolute Gasteiger partial charge is 0.497 e. The van der Waals surface area contributed by atoms with E-state index in [-0.39, 0.29) is 5.91 Å². The van der Waals surface area contributed by atoms with Crippen LogP contribution in [0.3, 0.4) is 0 Å². The van der Waals surface area contributed by atoms with Crippen LogP contribution < -0.4 is 14.2 Å². The van der Waals surface area contributed by atoms with Crippen LogP contribution in [0.4, 0.5) is 4.39 Å². The number of amides is 1. The minimum Gasteiger partial charge on any atom is -0.497 e. The molecule has 7 nitrogen and oxygen atoms in total. The van der Waals surface area contributed by atoms with Gasteiger partial charge in [-0.1, -0.05) is 18.2 Å². The van der Waals surface area contributed by atoms with Gasteiger partial charge in [0, 0.05) is 19.2 Å². The molecule has 36 heavy (non-hydrogen) atoms. The summed E-state index contributed by atoms with van der Waals surface area (Å²) >= 11 is 0. The standard InChI is InChI=1S/C28H28FN3O4/c1-31(16-15-19-9-14-26(35-3)27(17-19)36-4)28(33)25-18-24(22-7-5-6-8-23(22)29)30-32(25)20-10-12-21(34-2)13-11-20/h5-14,17-18H,15-16H2,1-4H3. The number of methoxy groups -OCH3 is 3. The summed E-state index contributed by atoms with van der Waals surface area (Å²) in [5.41, 5.74) is 2.69. The number of hydrogen-bond donors (Lipinski definition) is 0. The molecule has 1 heterocycles. The van der Waals surface area contributed by atoms with E-state index in [1.807, 2.05) is 18.2 Å². The van der Waals surface area contributed by atoms with Crippen molar-refractivity contribution in [1.29, 1.82) is 0 Å². The van der Waals surface area contributed by atoms with E-state index in [1.54, 1.807) is 81.8 Å². The minimum atomic E-state index is -0.405.